The van der Waals surface area contributed by atoms with E-state index < -0.39 is 35.0 Å². The Balaban J connectivity index is 0.912. The van der Waals surface area contributed by atoms with Gasteiger partial charge in [-0.1, -0.05) is 77.9 Å². The van der Waals surface area contributed by atoms with E-state index in [-0.39, 0.29) is 98.4 Å². The third-order valence-corrected chi connectivity index (χ3v) is 15.9. The van der Waals surface area contributed by atoms with Crippen LogP contribution in [0, 0.1) is 35.3 Å². The minimum absolute atomic E-state index is 0.0480. The molecule has 2 aliphatic heterocycles. The van der Waals surface area contributed by atoms with E-state index in [9.17, 15) is 37.5 Å². The first kappa shape index (κ1) is 64.8. The SMILES string of the molecule is CC[C@H](NC)C(=O)N[C@@H](Cc1ccc(OCC#CC#CCOc2ccc(C[C@H](NC(=O)[C@H](CC)NC)C(=O)N3CC(C)(C)c4[nH]c(=O)c(Cc5ccc(F)cc5)cc43)cc2OC)c(OC)c1)C(=O)N1CC(C)(C)c2[nH]c(=O)c(Cc3ccc(F)cc3)cc21. The number of amides is 4. The molecule has 88 heavy (non-hydrogen) atoms. The zero-order valence-corrected chi connectivity index (χ0v) is 51.4. The number of carbonyl (C=O) groups is 4. The minimum Gasteiger partial charge on any atom is -0.493 e. The normalized spacial score (nSPS) is 14.8. The third-order valence-electron chi connectivity index (χ3n) is 15.9. The summed E-state index contributed by atoms with van der Waals surface area (Å²) in [6.07, 6.45) is 1.57. The van der Waals surface area contributed by atoms with Crippen LogP contribution in [0.4, 0.5) is 20.2 Å². The Hall–Kier alpha value is -9.24. The molecule has 2 aromatic heterocycles. The molecule has 18 nitrogen and oxygen atoms in total. The second kappa shape index (κ2) is 28.5. The summed E-state index contributed by atoms with van der Waals surface area (Å²) >= 11 is 0. The predicted molar refractivity (Wildman–Crippen MR) is 333 cm³/mol. The number of anilines is 2. The van der Waals surface area contributed by atoms with E-state index in [0.717, 1.165) is 11.1 Å². The Morgan fingerprint density at radius 1 is 0.545 bits per heavy atom. The number of benzene rings is 4. The molecule has 0 saturated carbocycles. The number of hydrogen-bond donors (Lipinski definition) is 6. The number of hydrogen-bond acceptors (Lipinski definition) is 12. The molecule has 6 N–H and O–H groups in total. The van der Waals surface area contributed by atoms with Crippen molar-refractivity contribution in [1.82, 2.24) is 31.2 Å². The van der Waals surface area contributed by atoms with Crippen molar-refractivity contribution >= 4 is 35.0 Å². The van der Waals surface area contributed by atoms with Crippen LogP contribution in [0.1, 0.15) is 99.2 Å². The summed E-state index contributed by atoms with van der Waals surface area (Å²) in [7, 11) is 6.34. The number of nitrogens with one attached hydrogen (secondary N) is 6. The van der Waals surface area contributed by atoms with Gasteiger partial charge in [0.2, 0.25) is 23.6 Å². The Labute approximate surface area is 511 Å². The highest BCUT2D eigenvalue weighted by molar-refractivity contribution is 6.03. The minimum atomic E-state index is -1.02. The lowest BCUT2D eigenvalue weighted by Crippen LogP contribution is -2.54. The highest BCUT2D eigenvalue weighted by Crippen LogP contribution is 2.41. The van der Waals surface area contributed by atoms with Crippen molar-refractivity contribution in [2.75, 3.05) is 64.4 Å². The average molecular weight is 1200 g/mol. The van der Waals surface area contributed by atoms with E-state index in [0.29, 0.717) is 80.9 Å². The lowest BCUT2D eigenvalue weighted by molar-refractivity contribution is -0.128. The largest absolute Gasteiger partial charge is 0.493 e. The average Bonchev–Trinajstić information content (AvgIpc) is 3.49. The van der Waals surface area contributed by atoms with Crippen molar-refractivity contribution in [2.24, 2.45) is 0 Å². The van der Waals surface area contributed by atoms with Crippen LogP contribution in [-0.2, 0) is 55.7 Å². The number of aromatic amines is 2. The van der Waals surface area contributed by atoms with Crippen LogP contribution in [0.5, 0.6) is 23.0 Å². The van der Waals surface area contributed by atoms with Crippen LogP contribution in [0.25, 0.3) is 0 Å². The number of pyridine rings is 2. The van der Waals surface area contributed by atoms with Crippen LogP contribution in [0.3, 0.4) is 0 Å². The molecule has 6 aromatic rings. The number of aromatic nitrogens is 2. The van der Waals surface area contributed by atoms with Crippen LogP contribution >= 0.6 is 0 Å². The van der Waals surface area contributed by atoms with Gasteiger partial charge in [0.1, 0.15) is 36.9 Å². The molecule has 0 saturated heterocycles. The van der Waals surface area contributed by atoms with E-state index in [4.69, 9.17) is 18.9 Å². The number of halogens is 2. The van der Waals surface area contributed by atoms with E-state index in [1.54, 1.807) is 96.7 Å². The second-order valence-electron chi connectivity index (χ2n) is 23.2. The molecule has 0 aliphatic carbocycles. The smallest absolute Gasteiger partial charge is 0.251 e. The summed E-state index contributed by atoms with van der Waals surface area (Å²) in [4.78, 5) is 92.8. The van der Waals surface area contributed by atoms with Crippen LogP contribution in [0.2, 0.25) is 0 Å². The molecule has 0 radical (unpaired) electrons. The molecule has 0 spiro atoms. The molecule has 0 unspecified atom stereocenters. The van der Waals surface area contributed by atoms with Crippen molar-refractivity contribution in [2.45, 2.75) is 115 Å². The monoisotopic (exact) mass is 1200 g/mol. The summed E-state index contributed by atoms with van der Waals surface area (Å²) in [6.45, 7) is 11.9. The van der Waals surface area contributed by atoms with Crippen molar-refractivity contribution in [1.29, 1.82) is 0 Å². The Bertz CT molecular complexity index is 3550. The molecule has 4 atom stereocenters. The number of methoxy groups -OCH3 is 2. The fourth-order valence-electron chi connectivity index (χ4n) is 11.1. The maximum Gasteiger partial charge on any atom is 0.251 e. The number of likely N-dealkylation sites (N-methyl/N-ethyl adjacent to an activating group) is 2. The van der Waals surface area contributed by atoms with Gasteiger partial charge in [-0.15, -0.1) is 0 Å². The fourth-order valence-corrected chi connectivity index (χ4v) is 11.1. The Kier molecular flexibility index (Phi) is 21.0. The van der Waals surface area contributed by atoms with Gasteiger partial charge in [0.05, 0.1) is 37.7 Å². The first-order valence-corrected chi connectivity index (χ1v) is 29.3. The molecule has 0 fully saturated rings. The van der Waals surface area contributed by atoms with Gasteiger partial charge in [0.15, 0.2) is 23.0 Å². The molecule has 0 bridgehead atoms. The van der Waals surface area contributed by atoms with Gasteiger partial charge in [-0.05, 0) is 134 Å². The first-order valence-electron chi connectivity index (χ1n) is 29.3. The van der Waals surface area contributed by atoms with Crippen molar-refractivity contribution in [3.63, 3.8) is 0 Å². The van der Waals surface area contributed by atoms with Crippen LogP contribution < -0.4 is 61.1 Å². The maximum atomic E-state index is 14.8. The lowest BCUT2D eigenvalue weighted by Gasteiger charge is -2.27. The summed E-state index contributed by atoms with van der Waals surface area (Å²) in [6, 6.07) is 22.5. The number of fused-ring (bicyclic) bond motifs is 2. The Morgan fingerprint density at radius 3 is 1.25 bits per heavy atom. The number of ether oxygens (including phenoxy) is 4. The molecule has 4 heterocycles. The second-order valence-corrected chi connectivity index (χ2v) is 23.2. The summed E-state index contributed by atoms with van der Waals surface area (Å²) < 4.78 is 50.8. The molecule has 4 aromatic carbocycles. The summed E-state index contributed by atoms with van der Waals surface area (Å²) in [5.74, 6) is 10.6. The van der Waals surface area contributed by atoms with Crippen molar-refractivity contribution in [3.05, 3.63) is 174 Å². The van der Waals surface area contributed by atoms with Crippen LogP contribution in [-0.4, -0.2) is 112 Å². The first-order chi connectivity index (χ1) is 42.1. The third kappa shape index (κ3) is 15.3. The molecule has 8 rings (SSSR count). The zero-order valence-electron chi connectivity index (χ0n) is 51.4. The van der Waals surface area contributed by atoms with E-state index in [2.05, 4.69) is 54.9 Å². The molecular formula is C68H76F2N8O10. The van der Waals surface area contributed by atoms with Gasteiger partial charge in [-0.3, -0.25) is 28.8 Å². The maximum absolute atomic E-state index is 14.8. The van der Waals surface area contributed by atoms with Gasteiger partial charge >= 0.3 is 0 Å². The number of rotatable bonds is 24. The molecule has 462 valence electrons. The van der Waals surface area contributed by atoms with Gasteiger partial charge < -0.3 is 60.0 Å². The molecule has 20 heteroatoms. The standard InChI is InChI=1S/C68H76F2N8O10/c1-11-49(71-7)63(81)73-51(65(83)77-39-67(3,4)59-53(77)37-45(61(79)75-59)31-41-17-23-47(69)24-18-41)33-43-21-27-55(57(35-43)85-9)87-29-15-13-14-16-30-88-56-28-22-44(36-58(56)86-10)34-52(74-64(82)50(12-2)72-8)66(84)78-40-68(5,6)60-54(78)38-46(62(80)76-60)32-42-19-25-48(70)26-20-42/h17-28,35-38,49-52,71-72H,11-12,29-34,39-40H2,1-10H3,(H,73,81)(H,74,82)(H,75,79)(H,76,80)/t49-,50-,51-,52-/m0/s1. The highest BCUT2D eigenvalue weighted by atomic mass is 19.1. The van der Waals surface area contributed by atoms with Gasteiger partial charge in [0, 0.05) is 72.1 Å². The Morgan fingerprint density at radius 2 is 0.909 bits per heavy atom. The highest BCUT2D eigenvalue weighted by Gasteiger charge is 2.44. The molecule has 4 amide bonds. The van der Waals surface area contributed by atoms with Gasteiger partial charge in [-0.25, -0.2) is 8.78 Å². The predicted octanol–water partition coefficient (Wildman–Crippen LogP) is 6.70. The molecular weight excluding hydrogens is 1130 g/mol. The number of H-pyrrole nitrogens is 2. The number of nitrogens with zero attached hydrogens (tertiary/aromatic N) is 2. The van der Waals surface area contributed by atoms with Crippen LogP contribution in [0.15, 0.2) is 107 Å². The fraction of sp³-hybridized carbons (Fsp3) is 0.382. The number of carbonyl (C=O) groups excluding carboxylic acids is 4. The summed E-state index contributed by atoms with van der Waals surface area (Å²) in [5, 5.41) is 12.0. The van der Waals surface area contributed by atoms with E-state index in [1.807, 2.05) is 41.5 Å². The van der Waals surface area contributed by atoms with E-state index in [1.165, 1.54) is 38.5 Å². The topological polar surface area (TPSA) is 226 Å². The zero-order chi connectivity index (χ0) is 63.5. The summed E-state index contributed by atoms with van der Waals surface area (Å²) in [5.41, 5.74) is 4.01. The lowest BCUT2D eigenvalue weighted by atomic mass is 9.91. The van der Waals surface area contributed by atoms with Gasteiger partial charge in [-0.2, -0.15) is 0 Å². The van der Waals surface area contributed by atoms with Crippen molar-refractivity contribution in [3.8, 4) is 46.7 Å². The van der Waals surface area contributed by atoms with Crippen molar-refractivity contribution < 1.29 is 46.9 Å². The van der Waals surface area contributed by atoms with Gasteiger partial charge in [0.25, 0.3) is 11.1 Å². The molecule has 2 aliphatic rings. The van der Waals surface area contributed by atoms with E-state index >= 15 is 0 Å². The quantitative estimate of drug-likeness (QED) is 0.0348.